The van der Waals surface area contributed by atoms with Gasteiger partial charge in [0.15, 0.2) is 5.82 Å². The van der Waals surface area contributed by atoms with E-state index in [9.17, 15) is 0 Å². The molecule has 6 heteroatoms. The Kier molecular flexibility index (Phi) is 3.54. The molecule has 0 bridgehead atoms. The molecule has 0 unspecified atom stereocenters. The van der Waals surface area contributed by atoms with Gasteiger partial charge in [-0.3, -0.25) is 4.57 Å². The van der Waals surface area contributed by atoms with Gasteiger partial charge in [-0.05, 0) is 6.07 Å². The quantitative estimate of drug-likeness (QED) is 0.932. The van der Waals surface area contributed by atoms with E-state index in [2.05, 4.69) is 15.3 Å². The summed E-state index contributed by atoms with van der Waals surface area (Å²) in [4.78, 5) is 8.63. The van der Waals surface area contributed by atoms with Crippen LogP contribution in [0, 0.1) is 0 Å². The smallest absolute Gasteiger partial charge is 0.159 e. The second kappa shape index (κ2) is 4.94. The fourth-order valence-electron chi connectivity index (χ4n) is 1.59. The fourth-order valence-corrected chi connectivity index (χ4v) is 2.13. The Bertz CT molecular complexity index is 536. The zero-order chi connectivity index (χ0) is 12.4. The number of anilines is 1. The van der Waals surface area contributed by atoms with Crippen LogP contribution in [-0.2, 0) is 6.42 Å². The molecule has 17 heavy (non-hydrogen) atoms. The molecule has 0 amide bonds. The van der Waals surface area contributed by atoms with Crippen LogP contribution in [0.1, 0.15) is 12.7 Å². The maximum Gasteiger partial charge on any atom is 0.159 e. The number of hydrogen-bond donors (Lipinski definition) is 1. The minimum atomic E-state index is 0.499. The Morgan fingerprint density at radius 1 is 1.35 bits per heavy atom. The molecule has 1 N–H and O–H groups in total. The van der Waals surface area contributed by atoms with Crippen LogP contribution in [0.25, 0.3) is 5.82 Å². The van der Waals surface area contributed by atoms with Crippen LogP contribution in [0.2, 0.25) is 10.0 Å². The molecule has 2 aromatic heterocycles. The van der Waals surface area contributed by atoms with E-state index in [1.165, 1.54) is 0 Å². The minimum Gasteiger partial charge on any atom is -0.372 e. The van der Waals surface area contributed by atoms with Crippen molar-refractivity contribution in [1.29, 1.82) is 0 Å². The van der Waals surface area contributed by atoms with Crippen molar-refractivity contribution >= 4 is 29.0 Å². The van der Waals surface area contributed by atoms with Crippen LogP contribution in [0.3, 0.4) is 0 Å². The highest BCUT2D eigenvalue weighted by Gasteiger charge is 2.12. The highest BCUT2D eigenvalue weighted by Crippen LogP contribution is 2.28. The molecule has 0 aliphatic rings. The van der Waals surface area contributed by atoms with Crippen LogP contribution in [0.4, 0.5) is 5.82 Å². The van der Waals surface area contributed by atoms with E-state index in [1.807, 2.05) is 17.7 Å². The molecular weight excluding hydrogens is 259 g/mol. The number of rotatable bonds is 3. The van der Waals surface area contributed by atoms with Crippen LogP contribution in [0.15, 0.2) is 18.5 Å². The second-order valence-corrected chi connectivity index (χ2v) is 4.26. The number of imidazole rings is 1. The van der Waals surface area contributed by atoms with E-state index in [1.54, 1.807) is 19.3 Å². The summed E-state index contributed by atoms with van der Waals surface area (Å²) in [5.41, 5.74) is 0. The monoisotopic (exact) mass is 270 g/mol. The molecular formula is C11H12Cl2N4. The standard InChI is InChI=1S/C11H12Cl2N4/c1-3-9-15-4-5-17(9)11-8(13)6-7(12)10(14-2)16-11/h4-6H,3H2,1-2H3,(H,14,16). The van der Waals surface area contributed by atoms with Gasteiger partial charge in [0.25, 0.3) is 0 Å². The molecule has 0 spiro atoms. The number of hydrogen-bond acceptors (Lipinski definition) is 3. The molecule has 0 fully saturated rings. The minimum absolute atomic E-state index is 0.499. The number of nitrogens with zero attached hydrogens (tertiary/aromatic N) is 3. The topological polar surface area (TPSA) is 42.7 Å². The number of nitrogens with one attached hydrogen (secondary N) is 1. The summed E-state index contributed by atoms with van der Waals surface area (Å²) in [7, 11) is 1.76. The van der Waals surface area contributed by atoms with Crippen molar-refractivity contribution in [3.05, 3.63) is 34.3 Å². The first kappa shape index (κ1) is 12.2. The Labute approximate surface area is 110 Å². The molecule has 2 heterocycles. The van der Waals surface area contributed by atoms with Gasteiger partial charge in [0.05, 0.1) is 10.0 Å². The highest BCUT2D eigenvalue weighted by molar-refractivity contribution is 6.36. The van der Waals surface area contributed by atoms with Gasteiger partial charge in [0.2, 0.25) is 0 Å². The molecule has 2 aromatic rings. The van der Waals surface area contributed by atoms with Gasteiger partial charge in [-0.25, -0.2) is 9.97 Å². The van der Waals surface area contributed by atoms with E-state index in [0.29, 0.717) is 21.7 Å². The van der Waals surface area contributed by atoms with Gasteiger partial charge in [-0.1, -0.05) is 30.1 Å². The highest BCUT2D eigenvalue weighted by atomic mass is 35.5. The predicted octanol–water partition coefficient (Wildman–Crippen LogP) is 3.18. The number of aryl methyl sites for hydroxylation is 1. The normalized spacial score (nSPS) is 10.6. The lowest BCUT2D eigenvalue weighted by Gasteiger charge is -2.10. The summed E-state index contributed by atoms with van der Waals surface area (Å²) in [6, 6.07) is 1.68. The van der Waals surface area contributed by atoms with Crippen LogP contribution in [-0.4, -0.2) is 21.6 Å². The van der Waals surface area contributed by atoms with E-state index in [-0.39, 0.29) is 0 Å². The number of aromatic nitrogens is 3. The van der Waals surface area contributed by atoms with Crippen LogP contribution >= 0.6 is 23.2 Å². The Morgan fingerprint density at radius 3 is 2.76 bits per heavy atom. The van der Waals surface area contributed by atoms with Crippen molar-refractivity contribution in [2.75, 3.05) is 12.4 Å². The van der Waals surface area contributed by atoms with Gasteiger partial charge < -0.3 is 5.32 Å². The summed E-state index contributed by atoms with van der Waals surface area (Å²) in [6.07, 6.45) is 4.37. The molecule has 0 aliphatic heterocycles. The third-order valence-corrected chi connectivity index (χ3v) is 2.98. The molecule has 0 saturated heterocycles. The van der Waals surface area contributed by atoms with E-state index in [4.69, 9.17) is 23.2 Å². The molecule has 0 aromatic carbocycles. The van der Waals surface area contributed by atoms with E-state index in [0.717, 1.165) is 12.2 Å². The first-order chi connectivity index (χ1) is 8.17. The number of halogens is 2. The predicted molar refractivity (Wildman–Crippen MR) is 70.3 cm³/mol. The largest absolute Gasteiger partial charge is 0.372 e. The molecule has 0 atom stereocenters. The summed E-state index contributed by atoms with van der Waals surface area (Å²) in [5, 5.41) is 3.93. The second-order valence-electron chi connectivity index (χ2n) is 3.44. The Morgan fingerprint density at radius 2 is 2.12 bits per heavy atom. The Balaban J connectivity index is 2.59. The first-order valence-electron chi connectivity index (χ1n) is 5.23. The average Bonchev–Trinajstić information content (AvgIpc) is 2.77. The van der Waals surface area contributed by atoms with Crippen molar-refractivity contribution in [2.24, 2.45) is 0 Å². The third kappa shape index (κ3) is 2.23. The lowest BCUT2D eigenvalue weighted by Crippen LogP contribution is -2.05. The van der Waals surface area contributed by atoms with Crippen LogP contribution < -0.4 is 5.32 Å². The lowest BCUT2D eigenvalue weighted by atomic mass is 10.4. The average molecular weight is 271 g/mol. The maximum atomic E-state index is 6.16. The maximum absolute atomic E-state index is 6.16. The van der Waals surface area contributed by atoms with Gasteiger partial charge >= 0.3 is 0 Å². The van der Waals surface area contributed by atoms with Crippen molar-refractivity contribution in [2.45, 2.75) is 13.3 Å². The zero-order valence-electron chi connectivity index (χ0n) is 9.54. The summed E-state index contributed by atoms with van der Waals surface area (Å²) >= 11 is 12.2. The molecule has 90 valence electrons. The van der Waals surface area contributed by atoms with Crippen molar-refractivity contribution in [1.82, 2.24) is 14.5 Å². The number of pyridine rings is 1. The van der Waals surface area contributed by atoms with Gasteiger partial charge in [0.1, 0.15) is 11.6 Å². The summed E-state index contributed by atoms with van der Waals surface area (Å²) in [5.74, 6) is 2.14. The lowest BCUT2D eigenvalue weighted by molar-refractivity contribution is 0.868. The van der Waals surface area contributed by atoms with Gasteiger partial charge in [0, 0.05) is 25.9 Å². The molecule has 0 radical (unpaired) electrons. The zero-order valence-corrected chi connectivity index (χ0v) is 11.0. The van der Waals surface area contributed by atoms with Crippen molar-refractivity contribution < 1.29 is 0 Å². The molecule has 0 aliphatic carbocycles. The van der Waals surface area contributed by atoms with Crippen molar-refractivity contribution in [3.63, 3.8) is 0 Å². The summed E-state index contributed by atoms with van der Waals surface area (Å²) < 4.78 is 1.86. The van der Waals surface area contributed by atoms with Crippen molar-refractivity contribution in [3.8, 4) is 5.82 Å². The van der Waals surface area contributed by atoms with Gasteiger partial charge in [-0.15, -0.1) is 0 Å². The van der Waals surface area contributed by atoms with E-state index >= 15 is 0 Å². The van der Waals surface area contributed by atoms with Gasteiger partial charge in [-0.2, -0.15) is 0 Å². The molecule has 2 rings (SSSR count). The Hall–Kier alpha value is -1.26. The van der Waals surface area contributed by atoms with E-state index < -0.39 is 0 Å². The summed E-state index contributed by atoms with van der Waals surface area (Å²) in [6.45, 7) is 2.03. The molecule has 4 nitrogen and oxygen atoms in total. The van der Waals surface area contributed by atoms with Crippen LogP contribution in [0.5, 0.6) is 0 Å². The SMILES string of the molecule is CCc1nccn1-c1nc(NC)c(Cl)cc1Cl. The first-order valence-corrected chi connectivity index (χ1v) is 5.99. The fraction of sp³-hybridized carbons (Fsp3) is 0.273. The third-order valence-electron chi connectivity index (χ3n) is 2.41. The molecule has 0 saturated carbocycles.